The van der Waals surface area contributed by atoms with Crippen LogP contribution in [0.3, 0.4) is 0 Å². The van der Waals surface area contributed by atoms with Crippen LogP contribution in [0.5, 0.6) is 0 Å². The molecule has 0 bridgehead atoms. The second-order valence-electron chi connectivity index (χ2n) is 7.97. The largest absolute Gasteiger partial charge is 0.353 e. The van der Waals surface area contributed by atoms with Crippen molar-refractivity contribution in [3.8, 4) is 0 Å². The molecule has 1 heterocycles. The highest BCUT2D eigenvalue weighted by molar-refractivity contribution is 7.99. The van der Waals surface area contributed by atoms with Crippen LogP contribution in [0.1, 0.15) is 71.1 Å². The molecule has 0 unspecified atom stereocenters. The van der Waals surface area contributed by atoms with Crippen molar-refractivity contribution < 1.29 is 4.79 Å². The maximum Gasteiger partial charge on any atom is 0.262 e. The van der Waals surface area contributed by atoms with Gasteiger partial charge in [0.05, 0.1) is 16.7 Å². The van der Waals surface area contributed by atoms with Gasteiger partial charge >= 0.3 is 0 Å². The summed E-state index contributed by atoms with van der Waals surface area (Å²) in [5.74, 6) is 0.345. The SMILES string of the molecule is CCCCCCn1c(SCC(=O)NC2CCCCCC2)nc2ccccc2c1=O. The van der Waals surface area contributed by atoms with Crippen LogP contribution in [-0.2, 0) is 11.3 Å². The zero-order valence-electron chi connectivity index (χ0n) is 17.5. The van der Waals surface area contributed by atoms with Gasteiger partial charge in [-0.3, -0.25) is 14.2 Å². The molecule has 1 aromatic carbocycles. The fourth-order valence-corrected chi connectivity index (χ4v) is 4.81. The minimum atomic E-state index is -0.00113. The van der Waals surface area contributed by atoms with Gasteiger partial charge in [0.25, 0.3) is 5.56 Å². The molecular formula is C23H33N3O2S. The van der Waals surface area contributed by atoms with Crippen LogP contribution in [0.15, 0.2) is 34.2 Å². The molecule has 0 spiro atoms. The number of rotatable bonds is 9. The number of aromatic nitrogens is 2. The van der Waals surface area contributed by atoms with Crippen LogP contribution >= 0.6 is 11.8 Å². The number of hydrogen-bond acceptors (Lipinski definition) is 4. The summed E-state index contributed by atoms with van der Waals surface area (Å²) >= 11 is 1.38. The summed E-state index contributed by atoms with van der Waals surface area (Å²) in [5, 5.41) is 4.49. The molecule has 1 N–H and O–H groups in total. The second kappa shape index (κ2) is 11.4. The summed E-state index contributed by atoms with van der Waals surface area (Å²) in [5.41, 5.74) is 0.702. The number of benzene rings is 1. The van der Waals surface area contributed by atoms with Crippen molar-refractivity contribution >= 4 is 28.6 Å². The van der Waals surface area contributed by atoms with Gasteiger partial charge in [-0.15, -0.1) is 0 Å². The Bertz CT molecular complexity index is 857. The molecule has 1 saturated carbocycles. The lowest BCUT2D eigenvalue weighted by Crippen LogP contribution is -2.35. The van der Waals surface area contributed by atoms with Crippen molar-refractivity contribution in [2.45, 2.75) is 88.9 Å². The van der Waals surface area contributed by atoms with E-state index in [0.29, 0.717) is 34.4 Å². The van der Waals surface area contributed by atoms with E-state index in [1.54, 1.807) is 4.57 Å². The number of carbonyl (C=O) groups is 1. The van der Waals surface area contributed by atoms with E-state index in [0.717, 1.165) is 32.1 Å². The molecular weight excluding hydrogens is 382 g/mol. The molecule has 0 saturated heterocycles. The van der Waals surface area contributed by atoms with Crippen LogP contribution < -0.4 is 10.9 Å². The molecule has 158 valence electrons. The zero-order chi connectivity index (χ0) is 20.5. The van der Waals surface area contributed by atoms with Crippen molar-refractivity contribution in [2.75, 3.05) is 5.75 Å². The van der Waals surface area contributed by atoms with Crippen LogP contribution in [0.2, 0.25) is 0 Å². The smallest absolute Gasteiger partial charge is 0.262 e. The van der Waals surface area contributed by atoms with Gasteiger partial charge in [0.1, 0.15) is 0 Å². The van der Waals surface area contributed by atoms with Gasteiger partial charge in [0.15, 0.2) is 5.16 Å². The Balaban J connectivity index is 1.70. The Morgan fingerprint density at radius 2 is 1.90 bits per heavy atom. The quantitative estimate of drug-likeness (QED) is 0.274. The maximum atomic E-state index is 13.0. The lowest BCUT2D eigenvalue weighted by Gasteiger charge is -2.17. The summed E-state index contributed by atoms with van der Waals surface area (Å²) < 4.78 is 1.77. The Kier molecular flexibility index (Phi) is 8.59. The third kappa shape index (κ3) is 6.33. The third-order valence-electron chi connectivity index (χ3n) is 5.61. The molecule has 1 amide bonds. The Labute approximate surface area is 177 Å². The lowest BCUT2D eigenvalue weighted by molar-refractivity contribution is -0.119. The van der Waals surface area contributed by atoms with Crippen LogP contribution in [0, 0.1) is 0 Å². The average molecular weight is 416 g/mol. The fraction of sp³-hybridized carbons (Fsp3) is 0.609. The predicted molar refractivity (Wildman–Crippen MR) is 121 cm³/mol. The number of fused-ring (bicyclic) bond motifs is 1. The van der Waals surface area contributed by atoms with Crippen LogP contribution in [0.25, 0.3) is 10.9 Å². The number of hydrogen-bond donors (Lipinski definition) is 1. The van der Waals surface area contributed by atoms with E-state index in [1.807, 2.05) is 24.3 Å². The molecule has 1 aliphatic rings. The second-order valence-corrected chi connectivity index (χ2v) is 8.92. The number of nitrogens with zero attached hydrogens (tertiary/aromatic N) is 2. The summed E-state index contributed by atoms with van der Waals surface area (Å²) in [6.07, 6.45) is 11.5. The Morgan fingerprint density at radius 3 is 2.66 bits per heavy atom. The summed E-state index contributed by atoms with van der Waals surface area (Å²) in [4.78, 5) is 30.2. The van der Waals surface area contributed by atoms with E-state index >= 15 is 0 Å². The summed E-state index contributed by atoms with van der Waals surface area (Å²) in [6, 6.07) is 7.77. The highest BCUT2D eigenvalue weighted by Crippen LogP contribution is 2.20. The maximum absolute atomic E-state index is 13.0. The van der Waals surface area contributed by atoms with E-state index in [-0.39, 0.29) is 11.5 Å². The standard InChI is InChI=1S/C23H33N3O2S/c1-2-3-4-11-16-26-22(28)19-14-9-10-15-20(19)25-23(26)29-17-21(27)24-18-12-7-5-6-8-13-18/h9-10,14-15,18H,2-8,11-13,16-17H2,1H3,(H,24,27). The van der Waals surface area contributed by atoms with E-state index < -0.39 is 0 Å². The average Bonchev–Trinajstić information content (AvgIpc) is 3.00. The van der Waals surface area contributed by atoms with Crippen molar-refractivity contribution in [3.63, 3.8) is 0 Å². The molecule has 6 heteroatoms. The van der Waals surface area contributed by atoms with E-state index in [9.17, 15) is 9.59 Å². The van der Waals surface area contributed by atoms with Crippen molar-refractivity contribution in [1.29, 1.82) is 0 Å². The minimum Gasteiger partial charge on any atom is -0.353 e. The monoisotopic (exact) mass is 415 g/mol. The molecule has 0 radical (unpaired) electrons. The number of thioether (sulfide) groups is 1. The highest BCUT2D eigenvalue weighted by Gasteiger charge is 2.17. The normalized spacial score (nSPS) is 15.3. The summed E-state index contributed by atoms with van der Waals surface area (Å²) in [7, 11) is 0. The molecule has 5 nitrogen and oxygen atoms in total. The van der Waals surface area contributed by atoms with Crippen LogP contribution in [-0.4, -0.2) is 27.3 Å². The molecule has 3 rings (SSSR count). The van der Waals surface area contributed by atoms with Crippen molar-refractivity contribution in [3.05, 3.63) is 34.6 Å². The number of unbranched alkanes of at least 4 members (excludes halogenated alkanes) is 3. The highest BCUT2D eigenvalue weighted by atomic mass is 32.2. The first kappa shape index (κ1) is 21.9. The summed E-state index contributed by atoms with van der Waals surface area (Å²) in [6.45, 7) is 2.83. The molecule has 0 atom stereocenters. The van der Waals surface area contributed by atoms with E-state index in [1.165, 1.54) is 43.9 Å². The molecule has 29 heavy (non-hydrogen) atoms. The van der Waals surface area contributed by atoms with Gasteiger partial charge in [0, 0.05) is 12.6 Å². The predicted octanol–water partition coefficient (Wildman–Crippen LogP) is 4.91. The molecule has 1 aromatic heterocycles. The Morgan fingerprint density at radius 1 is 1.14 bits per heavy atom. The number of carbonyl (C=O) groups excluding carboxylic acids is 1. The Hall–Kier alpha value is -1.82. The first-order valence-electron chi connectivity index (χ1n) is 11.1. The fourth-order valence-electron chi connectivity index (χ4n) is 3.97. The van der Waals surface area contributed by atoms with Gasteiger partial charge < -0.3 is 5.32 Å². The first-order chi connectivity index (χ1) is 14.2. The van der Waals surface area contributed by atoms with Crippen LogP contribution in [0.4, 0.5) is 0 Å². The van der Waals surface area contributed by atoms with Gasteiger partial charge in [-0.05, 0) is 31.4 Å². The minimum absolute atomic E-state index is 0.00113. The lowest BCUT2D eigenvalue weighted by atomic mass is 10.1. The van der Waals surface area contributed by atoms with E-state index in [2.05, 4.69) is 12.2 Å². The number of para-hydroxylation sites is 1. The van der Waals surface area contributed by atoms with Gasteiger partial charge in [-0.25, -0.2) is 4.98 Å². The van der Waals surface area contributed by atoms with Crippen molar-refractivity contribution in [2.24, 2.45) is 0 Å². The van der Waals surface area contributed by atoms with E-state index in [4.69, 9.17) is 4.98 Å². The first-order valence-corrected chi connectivity index (χ1v) is 12.1. The van der Waals surface area contributed by atoms with Gasteiger partial charge in [0.2, 0.25) is 5.91 Å². The molecule has 2 aromatic rings. The molecule has 1 aliphatic carbocycles. The third-order valence-corrected chi connectivity index (χ3v) is 6.59. The number of amides is 1. The molecule has 0 aliphatic heterocycles. The topological polar surface area (TPSA) is 64.0 Å². The van der Waals surface area contributed by atoms with Gasteiger partial charge in [-0.2, -0.15) is 0 Å². The van der Waals surface area contributed by atoms with Crippen molar-refractivity contribution in [1.82, 2.24) is 14.9 Å². The zero-order valence-corrected chi connectivity index (χ0v) is 18.3. The van der Waals surface area contributed by atoms with Gasteiger partial charge in [-0.1, -0.05) is 75.8 Å². The molecule has 1 fully saturated rings. The number of nitrogens with one attached hydrogen (secondary N) is 1.